The van der Waals surface area contributed by atoms with Crippen molar-refractivity contribution in [1.82, 2.24) is 4.57 Å². The summed E-state index contributed by atoms with van der Waals surface area (Å²) in [6.45, 7) is 4.00. The largest absolute Gasteiger partial charge is 0.457 e. The van der Waals surface area contributed by atoms with E-state index >= 15 is 0 Å². The zero-order valence-electron chi connectivity index (χ0n) is 20.5. The predicted molar refractivity (Wildman–Crippen MR) is 150 cm³/mol. The number of hydrogen-bond donors (Lipinski definition) is 0. The Kier molecular flexibility index (Phi) is 4.59. The molecule has 3 heterocycles. The second kappa shape index (κ2) is 7.86. The third-order valence-electron chi connectivity index (χ3n) is 7.65. The van der Waals surface area contributed by atoms with Crippen LogP contribution in [0.1, 0.15) is 37.0 Å². The van der Waals surface area contributed by atoms with Crippen molar-refractivity contribution in [1.29, 1.82) is 0 Å². The van der Waals surface area contributed by atoms with Crippen molar-refractivity contribution in [2.75, 3.05) is 0 Å². The van der Waals surface area contributed by atoms with Gasteiger partial charge in [0.1, 0.15) is 11.5 Å². The van der Waals surface area contributed by atoms with Crippen molar-refractivity contribution in [3.8, 4) is 11.5 Å². The monoisotopic (exact) mass is 465 g/mol. The predicted octanol–water partition coefficient (Wildman–Crippen LogP) is 9.00. The fourth-order valence-corrected chi connectivity index (χ4v) is 6.42. The van der Waals surface area contributed by atoms with Crippen molar-refractivity contribution in [3.05, 3.63) is 138 Å². The molecule has 2 aliphatic heterocycles. The lowest BCUT2D eigenvalue weighted by molar-refractivity contribution is 0.434. The van der Waals surface area contributed by atoms with E-state index in [-0.39, 0.29) is 0 Å². The Morgan fingerprint density at radius 2 is 1.25 bits per heavy atom. The second-order valence-corrected chi connectivity index (χ2v) is 9.24. The maximum absolute atomic E-state index is 6.49. The molecule has 5 aromatic rings. The first-order valence-corrected chi connectivity index (χ1v) is 12.9. The molecule has 3 aliphatic rings. The highest BCUT2D eigenvalue weighted by Crippen LogP contribution is 2.60. The van der Waals surface area contributed by atoms with Gasteiger partial charge in [-0.2, -0.15) is 0 Å². The zero-order valence-corrected chi connectivity index (χ0v) is 20.5. The number of para-hydroxylation sites is 4. The van der Waals surface area contributed by atoms with Crippen molar-refractivity contribution >= 4 is 27.5 Å². The number of hydrogen-bond acceptors (Lipinski definition) is 1. The molecule has 36 heavy (non-hydrogen) atoms. The Hall–Kier alpha value is -4.30. The molecule has 2 heteroatoms. The SMILES string of the molecule is C1=CC2=C(C=CC1)C1(c3ccccc3Oc3ccccc31)c1cccc3c4ccccc4n2c13.CC. The number of benzene rings is 4. The average molecular weight is 466 g/mol. The standard InChI is InChI=1S/C32H21NO.C2H6/c1-2-13-23-28(18-3-1)33-27-17-7-4-11-21(27)22-12-10-16-26(31(22)33)32(23)24-14-5-8-19-29(24)34-30-20-9-6-15-25(30)32;1-2/h2-20H,1H2;1-2H3. The molecule has 0 amide bonds. The van der Waals surface area contributed by atoms with Crippen molar-refractivity contribution < 1.29 is 4.74 Å². The highest BCUT2D eigenvalue weighted by atomic mass is 16.5. The summed E-state index contributed by atoms with van der Waals surface area (Å²) >= 11 is 0. The summed E-state index contributed by atoms with van der Waals surface area (Å²) in [5, 5.41) is 2.58. The van der Waals surface area contributed by atoms with E-state index in [2.05, 4.69) is 120 Å². The van der Waals surface area contributed by atoms with Gasteiger partial charge in [0.2, 0.25) is 0 Å². The van der Waals surface area contributed by atoms with Gasteiger partial charge in [0.05, 0.1) is 22.1 Å². The molecular formula is C34H27NO. The van der Waals surface area contributed by atoms with E-state index in [0.717, 1.165) is 17.9 Å². The molecule has 1 spiro atoms. The first-order valence-electron chi connectivity index (χ1n) is 12.9. The number of aromatic nitrogens is 1. The van der Waals surface area contributed by atoms with Crippen LogP contribution in [-0.4, -0.2) is 4.57 Å². The van der Waals surface area contributed by atoms with E-state index in [1.807, 2.05) is 13.8 Å². The minimum atomic E-state index is -0.462. The number of nitrogens with zero attached hydrogens (tertiary/aromatic N) is 1. The fraction of sp³-hybridized carbons (Fsp3) is 0.118. The summed E-state index contributed by atoms with van der Waals surface area (Å²) in [5.41, 5.74) is 8.32. The van der Waals surface area contributed by atoms with Gasteiger partial charge in [-0.1, -0.05) is 105 Å². The molecule has 0 unspecified atom stereocenters. The number of rotatable bonds is 0. The molecule has 0 fully saturated rings. The van der Waals surface area contributed by atoms with E-state index in [4.69, 9.17) is 4.74 Å². The molecule has 0 radical (unpaired) electrons. The Labute approximate surface area is 211 Å². The van der Waals surface area contributed by atoms with Gasteiger partial charge in [0, 0.05) is 21.9 Å². The molecule has 174 valence electrons. The van der Waals surface area contributed by atoms with Crippen LogP contribution in [0.15, 0.2) is 121 Å². The van der Waals surface area contributed by atoms with Crippen LogP contribution in [0, 0.1) is 0 Å². The van der Waals surface area contributed by atoms with Gasteiger partial charge in [-0.15, -0.1) is 0 Å². The van der Waals surface area contributed by atoms with Gasteiger partial charge >= 0.3 is 0 Å². The summed E-state index contributed by atoms with van der Waals surface area (Å²) in [7, 11) is 0. The maximum atomic E-state index is 6.49. The first kappa shape index (κ1) is 21.0. The highest BCUT2D eigenvalue weighted by molar-refractivity contribution is 6.14. The van der Waals surface area contributed by atoms with Gasteiger partial charge in [0.15, 0.2) is 0 Å². The van der Waals surface area contributed by atoms with Crippen molar-refractivity contribution in [2.24, 2.45) is 0 Å². The minimum Gasteiger partial charge on any atom is -0.457 e. The van der Waals surface area contributed by atoms with Crippen molar-refractivity contribution in [2.45, 2.75) is 25.7 Å². The van der Waals surface area contributed by atoms with Gasteiger partial charge in [-0.25, -0.2) is 0 Å². The van der Waals surface area contributed by atoms with Gasteiger partial charge in [-0.3, -0.25) is 0 Å². The summed E-state index contributed by atoms with van der Waals surface area (Å²) in [6, 6.07) is 32.7. The van der Waals surface area contributed by atoms with Gasteiger partial charge in [-0.05, 0) is 41.8 Å². The maximum Gasteiger partial charge on any atom is 0.132 e. The summed E-state index contributed by atoms with van der Waals surface area (Å²) in [6.07, 6.45) is 10.2. The van der Waals surface area contributed by atoms with Crippen LogP contribution in [0.4, 0.5) is 0 Å². The molecule has 1 aliphatic carbocycles. The fourth-order valence-electron chi connectivity index (χ4n) is 6.42. The van der Waals surface area contributed by atoms with Crippen LogP contribution >= 0.6 is 0 Å². The molecule has 0 N–H and O–H groups in total. The van der Waals surface area contributed by atoms with Crippen LogP contribution in [0.2, 0.25) is 0 Å². The van der Waals surface area contributed by atoms with E-state index in [9.17, 15) is 0 Å². The van der Waals surface area contributed by atoms with Crippen molar-refractivity contribution in [3.63, 3.8) is 0 Å². The highest BCUT2D eigenvalue weighted by Gasteiger charge is 2.50. The third kappa shape index (κ3) is 2.51. The Balaban J connectivity index is 0.00000108. The lowest BCUT2D eigenvalue weighted by Crippen LogP contribution is -2.37. The molecule has 1 aromatic heterocycles. The molecule has 8 rings (SSSR count). The minimum absolute atomic E-state index is 0.462. The number of allylic oxidation sites excluding steroid dienone is 6. The van der Waals surface area contributed by atoms with Crippen LogP contribution < -0.4 is 4.74 Å². The molecule has 4 aromatic carbocycles. The normalized spacial score (nSPS) is 16.1. The van der Waals surface area contributed by atoms with E-state index < -0.39 is 5.41 Å². The van der Waals surface area contributed by atoms with E-state index in [0.29, 0.717) is 0 Å². The zero-order chi connectivity index (χ0) is 24.3. The smallest absolute Gasteiger partial charge is 0.132 e. The van der Waals surface area contributed by atoms with Gasteiger partial charge < -0.3 is 9.30 Å². The lowest BCUT2D eigenvalue weighted by Gasteiger charge is -2.45. The van der Waals surface area contributed by atoms with E-state index in [1.165, 1.54) is 49.8 Å². The molecule has 0 bridgehead atoms. The summed E-state index contributed by atoms with van der Waals surface area (Å²) in [4.78, 5) is 0. The van der Waals surface area contributed by atoms with Crippen LogP contribution in [0.25, 0.3) is 27.5 Å². The first-order chi connectivity index (χ1) is 17.9. The third-order valence-corrected chi connectivity index (χ3v) is 7.65. The van der Waals surface area contributed by atoms with Gasteiger partial charge in [0.25, 0.3) is 0 Å². The molecule has 0 atom stereocenters. The Bertz CT molecular complexity index is 1720. The van der Waals surface area contributed by atoms with Crippen LogP contribution in [-0.2, 0) is 5.41 Å². The molecular weight excluding hydrogens is 438 g/mol. The number of ether oxygens (including phenoxy) is 1. The Morgan fingerprint density at radius 3 is 2.03 bits per heavy atom. The molecule has 0 saturated carbocycles. The second-order valence-electron chi connectivity index (χ2n) is 9.24. The van der Waals surface area contributed by atoms with Crippen LogP contribution in [0.5, 0.6) is 11.5 Å². The lowest BCUT2D eigenvalue weighted by atomic mass is 9.61. The number of fused-ring (bicyclic) bond motifs is 10. The quantitative estimate of drug-likeness (QED) is 0.222. The van der Waals surface area contributed by atoms with E-state index in [1.54, 1.807) is 0 Å². The average Bonchev–Trinajstić information content (AvgIpc) is 3.08. The summed E-state index contributed by atoms with van der Waals surface area (Å²) < 4.78 is 8.97. The Morgan fingerprint density at radius 1 is 0.639 bits per heavy atom. The molecule has 0 saturated heterocycles. The van der Waals surface area contributed by atoms with Crippen LogP contribution in [0.3, 0.4) is 0 Å². The summed E-state index contributed by atoms with van der Waals surface area (Å²) in [5.74, 6) is 1.85. The molecule has 2 nitrogen and oxygen atoms in total. The topological polar surface area (TPSA) is 14.2 Å².